The SMILES string of the molecule is CC(C)Cc1ccc(-c2cnc(C(C)CCN)[nH]2)cc1. The van der Waals surface area contributed by atoms with E-state index in [2.05, 4.69) is 55.0 Å². The highest BCUT2D eigenvalue weighted by atomic mass is 14.9. The van der Waals surface area contributed by atoms with E-state index in [0.29, 0.717) is 18.4 Å². The molecule has 0 bridgehead atoms. The summed E-state index contributed by atoms with van der Waals surface area (Å²) in [7, 11) is 0. The first-order valence-electron chi connectivity index (χ1n) is 7.44. The molecule has 108 valence electrons. The van der Waals surface area contributed by atoms with Crippen molar-refractivity contribution in [3.05, 3.63) is 41.9 Å². The van der Waals surface area contributed by atoms with Crippen molar-refractivity contribution in [2.24, 2.45) is 11.7 Å². The number of aromatic nitrogens is 2. The molecule has 0 aliphatic carbocycles. The fraction of sp³-hybridized carbons (Fsp3) is 0.471. The van der Waals surface area contributed by atoms with E-state index in [0.717, 1.165) is 24.4 Å². The van der Waals surface area contributed by atoms with Crippen molar-refractivity contribution in [2.75, 3.05) is 6.54 Å². The van der Waals surface area contributed by atoms with Gasteiger partial charge in [0.15, 0.2) is 0 Å². The average molecular weight is 271 g/mol. The number of rotatable bonds is 6. The minimum Gasteiger partial charge on any atom is -0.342 e. The van der Waals surface area contributed by atoms with Crippen LogP contribution in [0, 0.1) is 5.92 Å². The highest BCUT2D eigenvalue weighted by Gasteiger charge is 2.10. The van der Waals surface area contributed by atoms with Gasteiger partial charge in [0.05, 0.1) is 11.9 Å². The second-order valence-electron chi connectivity index (χ2n) is 5.96. The quantitative estimate of drug-likeness (QED) is 0.841. The topological polar surface area (TPSA) is 54.7 Å². The maximum Gasteiger partial charge on any atom is 0.109 e. The zero-order valence-corrected chi connectivity index (χ0v) is 12.7. The van der Waals surface area contributed by atoms with Gasteiger partial charge in [0.25, 0.3) is 0 Å². The molecule has 2 rings (SSSR count). The molecule has 3 nitrogen and oxygen atoms in total. The second-order valence-corrected chi connectivity index (χ2v) is 5.96. The molecule has 0 radical (unpaired) electrons. The van der Waals surface area contributed by atoms with Crippen molar-refractivity contribution in [2.45, 2.75) is 39.5 Å². The standard InChI is InChI=1S/C17H25N3/c1-12(2)10-14-4-6-15(7-5-14)16-11-19-17(20-16)13(3)8-9-18/h4-7,11-13H,8-10,18H2,1-3H3,(H,19,20). The second kappa shape index (κ2) is 6.71. The maximum absolute atomic E-state index is 5.60. The van der Waals surface area contributed by atoms with Crippen LogP contribution in [-0.2, 0) is 6.42 Å². The van der Waals surface area contributed by atoms with E-state index in [1.165, 1.54) is 11.1 Å². The zero-order valence-electron chi connectivity index (χ0n) is 12.7. The number of benzene rings is 1. The van der Waals surface area contributed by atoms with E-state index in [1.54, 1.807) is 0 Å². The lowest BCUT2D eigenvalue weighted by Gasteiger charge is -2.07. The van der Waals surface area contributed by atoms with Crippen LogP contribution in [0.15, 0.2) is 30.5 Å². The number of nitrogens with zero attached hydrogens (tertiary/aromatic N) is 1. The molecule has 0 amide bonds. The molecule has 1 atom stereocenters. The summed E-state index contributed by atoms with van der Waals surface area (Å²) in [5.74, 6) is 2.10. The van der Waals surface area contributed by atoms with E-state index < -0.39 is 0 Å². The Morgan fingerprint density at radius 2 is 1.85 bits per heavy atom. The molecule has 0 fully saturated rings. The van der Waals surface area contributed by atoms with Gasteiger partial charge >= 0.3 is 0 Å². The van der Waals surface area contributed by atoms with E-state index in [9.17, 15) is 0 Å². The van der Waals surface area contributed by atoms with Crippen LogP contribution in [0.2, 0.25) is 0 Å². The number of nitrogens with two attached hydrogens (primary N) is 1. The summed E-state index contributed by atoms with van der Waals surface area (Å²) in [6.45, 7) is 7.34. The van der Waals surface area contributed by atoms with Gasteiger partial charge in [0.1, 0.15) is 5.82 Å². The summed E-state index contributed by atoms with van der Waals surface area (Å²) >= 11 is 0. The third-order valence-corrected chi connectivity index (χ3v) is 3.57. The first-order valence-corrected chi connectivity index (χ1v) is 7.44. The van der Waals surface area contributed by atoms with Crippen LogP contribution in [-0.4, -0.2) is 16.5 Å². The van der Waals surface area contributed by atoms with E-state index in [1.807, 2.05) is 6.20 Å². The van der Waals surface area contributed by atoms with E-state index in [4.69, 9.17) is 5.73 Å². The minimum absolute atomic E-state index is 0.383. The summed E-state index contributed by atoms with van der Waals surface area (Å²) in [5.41, 5.74) is 9.26. The number of hydrogen-bond acceptors (Lipinski definition) is 2. The first kappa shape index (κ1) is 14.8. The summed E-state index contributed by atoms with van der Waals surface area (Å²) in [6, 6.07) is 8.75. The summed E-state index contributed by atoms with van der Waals surface area (Å²) in [6.07, 6.45) is 4.00. The van der Waals surface area contributed by atoms with Crippen molar-refractivity contribution >= 4 is 0 Å². The van der Waals surface area contributed by atoms with Crippen molar-refractivity contribution in [3.63, 3.8) is 0 Å². The Labute approximate surface area is 121 Å². The fourth-order valence-electron chi connectivity index (χ4n) is 2.41. The number of H-pyrrole nitrogens is 1. The van der Waals surface area contributed by atoms with Gasteiger partial charge in [-0.25, -0.2) is 4.98 Å². The Morgan fingerprint density at radius 1 is 1.15 bits per heavy atom. The molecular weight excluding hydrogens is 246 g/mol. The Kier molecular flexibility index (Phi) is 4.96. The molecule has 20 heavy (non-hydrogen) atoms. The maximum atomic E-state index is 5.60. The van der Waals surface area contributed by atoms with E-state index >= 15 is 0 Å². The van der Waals surface area contributed by atoms with Crippen LogP contribution in [0.1, 0.15) is 44.5 Å². The molecule has 2 aromatic rings. The highest BCUT2D eigenvalue weighted by Crippen LogP contribution is 2.22. The van der Waals surface area contributed by atoms with Gasteiger partial charge in [0.2, 0.25) is 0 Å². The molecule has 1 unspecified atom stereocenters. The van der Waals surface area contributed by atoms with Crippen molar-refractivity contribution in [1.82, 2.24) is 9.97 Å². The Bertz CT molecular complexity index is 525. The lowest BCUT2D eigenvalue weighted by Crippen LogP contribution is -2.05. The molecular formula is C17H25N3. The molecule has 0 aliphatic heterocycles. The van der Waals surface area contributed by atoms with Crippen LogP contribution in [0.5, 0.6) is 0 Å². The Hall–Kier alpha value is -1.61. The molecule has 3 N–H and O–H groups in total. The molecule has 0 spiro atoms. The molecule has 1 aromatic carbocycles. The van der Waals surface area contributed by atoms with Crippen molar-refractivity contribution < 1.29 is 0 Å². The zero-order chi connectivity index (χ0) is 14.5. The lowest BCUT2D eigenvalue weighted by molar-refractivity contribution is 0.647. The number of aromatic amines is 1. The Balaban J connectivity index is 2.11. The molecule has 1 aromatic heterocycles. The predicted octanol–water partition coefficient (Wildman–Crippen LogP) is 3.73. The summed E-state index contributed by atoms with van der Waals surface area (Å²) in [5, 5.41) is 0. The molecule has 1 heterocycles. The van der Waals surface area contributed by atoms with Gasteiger partial charge in [-0.1, -0.05) is 45.0 Å². The minimum atomic E-state index is 0.383. The van der Waals surface area contributed by atoms with Crippen molar-refractivity contribution in [1.29, 1.82) is 0 Å². The van der Waals surface area contributed by atoms with Crippen LogP contribution < -0.4 is 5.73 Å². The summed E-state index contributed by atoms with van der Waals surface area (Å²) < 4.78 is 0. The van der Waals surface area contributed by atoms with Gasteiger partial charge in [-0.05, 0) is 36.4 Å². The monoisotopic (exact) mass is 271 g/mol. The largest absolute Gasteiger partial charge is 0.342 e. The third kappa shape index (κ3) is 3.70. The van der Waals surface area contributed by atoms with E-state index in [-0.39, 0.29) is 0 Å². The molecule has 3 heteroatoms. The van der Waals surface area contributed by atoms with Crippen LogP contribution in [0.3, 0.4) is 0 Å². The third-order valence-electron chi connectivity index (χ3n) is 3.57. The molecule has 0 saturated carbocycles. The lowest BCUT2D eigenvalue weighted by atomic mass is 10.0. The fourth-order valence-corrected chi connectivity index (χ4v) is 2.41. The molecule has 0 aliphatic rings. The summed E-state index contributed by atoms with van der Waals surface area (Å²) in [4.78, 5) is 7.88. The van der Waals surface area contributed by atoms with Gasteiger partial charge < -0.3 is 10.7 Å². The van der Waals surface area contributed by atoms with Crippen LogP contribution >= 0.6 is 0 Å². The number of imidazole rings is 1. The first-order chi connectivity index (χ1) is 9.60. The molecule has 0 saturated heterocycles. The Morgan fingerprint density at radius 3 is 2.45 bits per heavy atom. The average Bonchev–Trinajstić information content (AvgIpc) is 2.89. The normalized spacial score (nSPS) is 12.8. The van der Waals surface area contributed by atoms with Crippen LogP contribution in [0.4, 0.5) is 0 Å². The van der Waals surface area contributed by atoms with Gasteiger partial charge in [-0.3, -0.25) is 0 Å². The van der Waals surface area contributed by atoms with Gasteiger partial charge in [-0.2, -0.15) is 0 Å². The van der Waals surface area contributed by atoms with Crippen molar-refractivity contribution in [3.8, 4) is 11.3 Å². The predicted molar refractivity (Wildman–Crippen MR) is 84.7 cm³/mol. The highest BCUT2D eigenvalue weighted by molar-refractivity contribution is 5.58. The number of hydrogen-bond donors (Lipinski definition) is 2. The number of nitrogens with one attached hydrogen (secondary N) is 1. The smallest absolute Gasteiger partial charge is 0.109 e. The van der Waals surface area contributed by atoms with Crippen LogP contribution in [0.25, 0.3) is 11.3 Å². The van der Waals surface area contributed by atoms with Gasteiger partial charge in [-0.15, -0.1) is 0 Å². The van der Waals surface area contributed by atoms with Gasteiger partial charge in [0, 0.05) is 5.92 Å².